The zero-order chi connectivity index (χ0) is 12.3. The number of hydrogen-bond acceptors (Lipinski definition) is 3. The van der Waals surface area contributed by atoms with Crippen LogP contribution in [0, 0.1) is 0 Å². The fourth-order valence-electron chi connectivity index (χ4n) is 1.76. The Bertz CT molecular complexity index is 419. The van der Waals surface area contributed by atoms with Crippen molar-refractivity contribution in [3.63, 3.8) is 0 Å². The Labute approximate surface area is 108 Å². The van der Waals surface area contributed by atoms with E-state index in [0.717, 1.165) is 0 Å². The van der Waals surface area contributed by atoms with Gasteiger partial charge in [-0.2, -0.15) is 0 Å². The number of hydrogen-bond donors (Lipinski definition) is 1. The van der Waals surface area contributed by atoms with E-state index in [9.17, 15) is 9.90 Å². The van der Waals surface area contributed by atoms with Gasteiger partial charge >= 0.3 is 0 Å². The van der Waals surface area contributed by atoms with Crippen LogP contribution in [0.25, 0.3) is 6.08 Å². The van der Waals surface area contributed by atoms with E-state index in [1.54, 1.807) is 23.1 Å². The molecule has 0 unspecified atom stereocenters. The summed E-state index contributed by atoms with van der Waals surface area (Å²) in [4.78, 5) is 13.5. The number of aliphatic hydroxyl groups excluding tert-OH is 1. The van der Waals surface area contributed by atoms with Crippen LogP contribution in [-0.4, -0.2) is 35.1 Å². The molecule has 1 fully saturated rings. The summed E-state index contributed by atoms with van der Waals surface area (Å²) in [6.45, 7) is 1.23. The zero-order valence-electron chi connectivity index (χ0n) is 9.30. The smallest absolute Gasteiger partial charge is 0.246 e. The third-order valence-corrected chi connectivity index (χ3v) is 3.19. The molecule has 1 N–H and O–H groups in total. The molecule has 4 nitrogen and oxygen atoms in total. The van der Waals surface area contributed by atoms with Crippen molar-refractivity contribution < 1.29 is 14.3 Å². The molecular formula is C12H14BrNO3. The maximum Gasteiger partial charge on any atom is 0.246 e. The van der Waals surface area contributed by atoms with E-state index in [1.165, 1.54) is 6.08 Å². The van der Waals surface area contributed by atoms with Gasteiger partial charge in [0, 0.05) is 19.2 Å². The van der Waals surface area contributed by atoms with Gasteiger partial charge in [0.1, 0.15) is 5.76 Å². The highest BCUT2D eigenvalue weighted by molar-refractivity contribution is 9.10. The Balaban J connectivity index is 1.90. The van der Waals surface area contributed by atoms with Gasteiger partial charge in [-0.05, 0) is 47.0 Å². The highest BCUT2D eigenvalue weighted by atomic mass is 79.9. The number of rotatable bonds is 2. The maximum atomic E-state index is 11.8. The van der Waals surface area contributed by atoms with E-state index < -0.39 is 0 Å². The van der Waals surface area contributed by atoms with Crippen molar-refractivity contribution in [3.05, 3.63) is 28.6 Å². The molecule has 0 saturated carbocycles. The van der Waals surface area contributed by atoms with Crippen LogP contribution in [0.3, 0.4) is 0 Å². The first-order valence-corrected chi connectivity index (χ1v) is 6.35. The monoisotopic (exact) mass is 299 g/mol. The second kappa shape index (κ2) is 5.51. The lowest BCUT2D eigenvalue weighted by molar-refractivity contribution is -0.127. The van der Waals surface area contributed by atoms with Gasteiger partial charge in [-0.3, -0.25) is 4.79 Å². The highest BCUT2D eigenvalue weighted by Crippen LogP contribution is 2.16. The molecule has 2 heterocycles. The molecule has 92 valence electrons. The van der Waals surface area contributed by atoms with Gasteiger partial charge in [0.2, 0.25) is 5.91 Å². The topological polar surface area (TPSA) is 53.7 Å². The van der Waals surface area contributed by atoms with Crippen LogP contribution >= 0.6 is 15.9 Å². The minimum Gasteiger partial charge on any atom is -0.450 e. The predicted octanol–water partition coefficient (Wildman–Crippen LogP) is 2.04. The van der Waals surface area contributed by atoms with Gasteiger partial charge in [0.25, 0.3) is 0 Å². The molecule has 1 aliphatic rings. The standard InChI is InChI=1S/C12H14BrNO3/c13-11-3-1-10(17-11)2-4-12(16)14-7-5-9(15)6-8-14/h1-4,9,15H,5-8H2/b4-2+. The molecule has 0 aliphatic carbocycles. The Morgan fingerprint density at radius 2 is 2.18 bits per heavy atom. The summed E-state index contributed by atoms with van der Waals surface area (Å²) >= 11 is 3.20. The van der Waals surface area contributed by atoms with Crippen molar-refractivity contribution >= 4 is 27.9 Å². The fourth-order valence-corrected chi connectivity index (χ4v) is 2.08. The summed E-state index contributed by atoms with van der Waals surface area (Å²) in [6, 6.07) is 3.56. The largest absolute Gasteiger partial charge is 0.450 e. The summed E-state index contributed by atoms with van der Waals surface area (Å²) in [6.07, 6.45) is 4.21. The Kier molecular flexibility index (Phi) is 4.02. The second-order valence-electron chi connectivity index (χ2n) is 4.03. The quantitative estimate of drug-likeness (QED) is 0.850. The minimum absolute atomic E-state index is 0.0376. The predicted molar refractivity (Wildman–Crippen MR) is 67.3 cm³/mol. The van der Waals surface area contributed by atoms with Crippen LogP contribution in [0.2, 0.25) is 0 Å². The van der Waals surface area contributed by atoms with Gasteiger partial charge in [0.05, 0.1) is 6.10 Å². The average molecular weight is 300 g/mol. The summed E-state index contributed by atoms with van der Waals surface area (Å²) in [5, 5.41) is 9.34. The molecule has 0 spiro atoms. The van der Waals surface area contributed by atoms with Gasteiger partial charge in [0.15, 0.2) is 4.67 Å². The van der Waals surface area contributed by atoms with E-state index >= 15 is 0 Å². The summed E-state index contributed by atoms with van der Waals surface area (Å²) in [5.74, 6) is 0.603. The highest BCUT2D eigenvalue weighted by Gasteiger charge is 2.19. The van der Waals surface area contributed by atoms with Crippen molar-refractivity contribution in [3.8, 4) is 0 Å². The SMILES string of the molecule is O=C(/C=C/c1ccc(Br)o1)N1CCC(O)CC1. The van der Waals surface area contributed by atoms with E-state index in [1.807, 2.05) is 0 Å². The molecule has 0 atom stereocenters. The number of piperidine rings is 1. The molecule has 1 aliphatic heterocycles. The third kappa shape index (κ3) is 3.44. The van der Waals surface area contributed by atoms with Gasteiger partial charge < -0.3 is 14.4 Å². The number of furan rings is 1. The van der Waals surface area contributed by atoms with Crippen molar-refractivity contribution in [2.24, 2.45) is 0 Å². The van der Waals surface area contributed by atoms with Gasteiger partial charge in [-0.25, -0.2) is 0 Å². The Morgan fingerprint density at radius 3 is 2.76 bits per heavy atom. The number of carbonyl (C=O) groups excluding carboxylic acids is 1. The van der Waals surface area contributed by atoms with Gasteiger partial charge in [-0.1, -0.05) is 0 Å². The fraction of sp³-hybridized carbons (Fsp3) is 0.417. The van der Waals surface area contributed by atoms with E-state index in [0.29, 0.717) is 36.4 Å². The average Bonchev–Trinajstić information content (AvgIpc) is 2.73. The van der Waals surface area contributed by atoms with Crippen LogP contribution in [0.5, 0.6) is 0 Å². The molecule has 17 heavy (non-hydrogen) atoms. The normalized spacial score (nSPS) is 17.9. The van der Waals surface area contributed by atoms with E-state index in [2.05, 4.69) is 15.9 Å². The number of carbonyl (C=O) groups is 1. The molecular weight excluding hydrogens is 286 g/mol. The molecule has 5 heteroatoms. The summed E-state index contributed by atoms with van der Waals surface area (Å²) in [5.41, 5.74) is 0. The van der Waals surface area contributed by atoms with E-state index in [-0.39, 0.29) is 12.0 Å². The zero-order valence-corrected chi connectivity index (χ0v) is 10.9. The summed E-state index contributed by atoms with van der Waals surface area (Å²) < 4.78 is 5.90. The number of aliphatic hydroxyl groups is 1. The van der Waals surface area contributed by atoms with Crippen LogP contribution in [-0.2, 0) is 4.79 Å². The number of nitrogens with zero attached hydrogens (tertiary/aromatic N) is 1. The Hall–Kier alpha value is -1.07. The van der Waals surface area contributed by atoms with E-state index in [4.69, 9.17) is 4.42 Å². The third-order valence-electron chi connectivity index (χ3n) is 2.76. The molecule has 2 rings (SSSR count). The summed E-state index contributed by atoms with van der Waals surface area (Å²) in [7, 11) is 0. The first-order valence-electron chi connectivity index (χ1n) is 5.55. The molecule has 0 radical (unpaired) electrons. The van der Waals surface area contributed by atoms with Crippen molar-refractivity contribution in [1.82, 2.24) is 4.90 Å². The molecule has 0 aromatic carbocycles. The number of halogens is 1. The number of likely N-dealkylation sites (tertiary alicyclic amines) is 1. The van der Waals surface area contributed by atoms with Crippen LogP contribution in [0.4, 0.5) is 0 Å². The lowest BCUT2D eigenvalue weighted by atomic mass is 10.1. The lowest BCUT2D eigenvalue weighted by Crippen LogP contribution is -2.39. The van der Waals surface area contributed by atoms with Crippen molar-refractivity contribution in [1.29, 1.82) is 0 Å². The molecule has 1 saturated heterocycles. The molecule has 1 aromatic heterocycles. The first kappa shape index (κ1) is 12.4. The Morgan fingerprint density at radius 1 is 1.47 bits per heavy atom. The van der Waals surface area contributed by atoms with Crippen molar-refractivity contribution in [2.75, 3.05) is 13.1 Å². The van der Waals surface area contributed by atoms with Crippen LogP contribution in [0.15, 0.2) is 27.3 Å². The van der Waals surface area contributed by atoms with Crippen LogP contribution in [0.1, 0.15) is 18.6 Å². The number of amides is 1. The lowest BCUT2D eigenvalue weighted by Gasteiger charge is -2.28. The minimum atomic E-state index is -0.260. The first-order chi connectivity index (χ1) is 8.15. The van der Waals surface area contributed by atoms with Crippen LogP contribution < -0.4 is 0 Å². The molecule has 1 amide bonds. The van der Waals surface area contributed by atoms with Gasteiger partial charge in [-0.15, -0.1) is 0 Å². The molecule has 1 aromatic rings. The molecule has 0 bridgehead atoms. The van der Waals surface area contributed by atoms with Crippen molar-refractivity contribution in [2.45, 2.75) is 18.9 Å². The second-order valence-corrected chi connectivity index (χ2v) is 4.81. The maximum absolute atomic E-state index is 11.8.